The van der Waals surface area contributed by atoms with Crippen molar-refractivity contribution >= 4 is 5.91 Å². The highest BCUT2D eigenvalue weighted by Gasteiger charge is 2.40. The quantitative estimate of drug-likeness (QED) is 0.827. The van der Waals surface area contributed by atoms with E-state index in [1.165, 1.54) is 5.56 Å². The third kappa shape index (κ3) is 4.51. The highest BCUT2D eigenvalue weighted by atomic mass is 16.5. The highest BCUT2D eigenvalue weighted by molar-refractivity contribution is 5.76. The molecule has 1 amide bonds. The summed E-state index contributed by atoms with van der Waals surface area (Å²) in [5.74, 6) is 0.974. The molecule has 1 aromatic rings. The first-order valence-corrected chi connectivity index (χ1v) is 9.14. The number of piperazine rings is 1. The van der Waals surface area contributed by atoms with E-state index in [0.717, 1.165) is 51.3 Å². The molecule has 0 aliphatic carbocycles. The highest BCUT2D eigenvalue weighted by Crippen LogP contribution is 2.31. The second kappa shape index (κ2) is 8.17. The van der Waals surface area contributed by atoms with Crippen molar-refractivity contribution in [3.05, 3.63) is 29.8 Å². The van der Waals surface area contributed by atoms with E-state index < -0.39 is 0 Å². The predicted molar refractivity (Wildman–Crippen MR) is 96.5 cm³/mol. The zero-order valence-electron chi connectivity index (χ0n) is 15.0. The summed E-state index contributed by atoms with van der Waals surface area (Å²) in [5, 5.41) is 11.8. The van der Waals surface area contributed by atoms with Crippen LogP contribution in [0.15, 0.2) is 24.3 Å². The Labute approximate surface area is 149 Å². The van der Waals surface area contributed by atoms with E-state index in [1.54, 1.807) is 0 Å². The molecule has 1 aromatic carbocycles. The summed E-state index contributed by atoms with van der Waals surface area (Å²) in [6, 6.07) is 8.11. The van der Waals surface area contributed by atoms with Crippen LogP contribution in [0.3, 0.4) is 0 Å². The van der Waals surface area contributed by atoms with Gasteiger partial charge in [-0.2, -0.15) is 0 Å². The number of likely N-dealkylation sites (N-methyl/N-ethyl adjacent to an activating group) is 1. The van der Waals surface area contributed by atoms with Gasteiger partial charge in [-0.3, -0.25) is 14.6 Å². The number of benzene rings is 1. The monoisotopic (exact) mass is 347 g/mol. The van der Waals surface area contributed by atoms with Crippen molar-refractivity contribution in [1.29, 1.82) is 0 Å². The average Bonchev–Trinajstić information content (AvgIpc) is 2.80. The van der Waals surface area contributed by atoms with E-state index >= 15 is 0 Å². The molecule has 0 unspecified atom stereocenters. The number of aliphatic hydroxyl groups is 1. The summed E-state index contributed by atoms with van der Waals surface area (Å²) in [4.78, 5) is 16.7. The maximum absolute atomic E-state index is 11.7. The van der Waals surface area contributed by atoms with Gasteiger partial charge in [-0.05, 0) is 37.6 Å². The Hall–Kier alpha value is -1.63. The third-order valence-electron chi connectivity index (χ3n) is 5.50. The molecular formula is C19H29N3O3. The van der Waals surface area contributed by atoms with Gasteiger partial charge in [0, 0.05) is 44.7 Å². The van der Waals surface area contributed by atoms with Crippen LogP contribution in [0.5, 0.6) is 5.75 Å². The number of aliphatic hydroxyl groups excluding tert-OH is 1. The van der Waals surface area contributed by atoms with Crippen LogP contribution in [-0.2, 0) is 11.3 Å². The molecule has 6 heteroatoms. The maximum Gasteiger partial charge on any atom is 0.220 e. The normalized spacial score (nSPS) is 25.6. The van der Waals surface area contributed by atoms with Crippen molar-refractivity contribution in [2.75, 3.05) is 46.4 Å². The van der Waals surface area contributed by atoms with Gasteiger partial charge < -0.3 is 15.2 Å². The second-order valence-electron chi connectivity index (χ2n) is 7.17. The van der Waals surface area contributed by atoms with E-state index in [9.17, 15) is 4.79 Å². The first kappa shape index (κ1) is 18.2. The van der Waals surface area contributed by atoms with E-state index in [2.05, 4.69) is 34.3 Å². The Kier molecular flexibility index (Phi) is 5.93. The lowest BCUT2D eigenvalue weighted by Gasteiger charge is -2.49. The van der Waals surface area contributed by atoms with Gasteiger partial charge in [0.1, 0.15) is 12.4 Å². The fourth-order valence-electron chi connectivity index (χ4n) is 3.93. The topological polar surface area (TPSA) is 65.0 Å². The number of nitrogens with zero attached hydrogens (tertiary/aromatic N) is 2. The summed E-state index contributed by atoms with van der Waals surface area (Å²) in [6.07, 6.45) is 2.56. The van der Waals surface area contributed by atoms with Crippen molar-refractivity contribution in [3.63, 3.8) is 0 Å². The summed E-state index contributed by atoms with van der Waals surface area (Å²) in [7, 11) is 2.19. The van der Waals surface area contributed by atoms with Gasteiger partial charge >= 0.3 is 0 Å². The van der Waals surface area contributed by atoms with E-state index in [4.69, 9.17) is 9.84 Å². The first-order chi connectivity index (χ1) is 12.1. The summed E-state index contributed by atoms with van der Waals surface area (Å²) in [6.45, 7) is 5.12. The third-order valence-corrected chi connectivity index (χ3v) is 5.50. The fourth-order valence-corrected chi connectivity index (χ4v) is 3.93. The minimum atomic E-state index is 0.0302. The molecule has 138 valence electrons. The number of ether oxygens (including phenoxy) is 1. The average molecular weight is 347 g/mol. The van der Waals surface area contributed by atoms with Crippen molar-refractivity contribution in [3.8, 4) is 5.75 Å². The van der Waals surface area contributed by atoms with Gasteiger partial charge in [0.05, 0.1) is 6.61 Å². The van der Waals surface area contributed by atoms with Crippen LogP contribution in [0.4, 0.5) is 0 Å². The largest absolute Gasteiger partial charge is 0.491 e. The molecule has 0 aromatic heterocycles. The first-order valence-electron chi connectivity index (χ1n) is 9.14. The molecule has 2 aliphatic rings. The minimum Gasteiger partial charge on any atom is -0.491 e. The minimum absolute atomic E-state index is 0.0302. The van der Waals surface area contributed by atoms with Crippen LogP contribution >= 0.6 is 0 Å². The zero-order valence-corrected chi connectivity index (χ0v) is 15.0. The molecule has 0 radical (unpaired) electrons. The van der Waals surface area contributed by atoms with E-state index in [1.807, 2.05) is 12.1 Å². The number of amides is 1. The smallest absolute Gasteiger partial charge is 0.220 e. The molecule has 2 fully saturated rings. The van der Waals surface area contributed by atoms with Gasteiger partial charge in [-0.1, -0.05) is 12.1 Å². The van der Waals surface area contributed by atoms with Gasteiger partial charge in [0.2, 0.25) is 5.91 Å². The van der Waals surface area contributed by atoms with Crippen LogP contribution in [0, 0.1) is 0 Å². The molecule has 0 saturated carbocycles. The standard InChI is InChI=1S/C19H29N3O3/c1-21-10-11-22(15-19(21)7-6-18(24)20-9-8-19)14-16-2-4-17(5-3-16)25-13-12-23/h2-5,23H,6-15H2,1H3,(H,20,24)/t19-/m0/s1. The molecule has 2 N–H and O–H groups in total. The van der Waals surface area contributed by atoms with Gasteiger partial charge in [-0.25, -0.2) is 0 Å². The Morgan fingerprint density at radius 2 is 2.04 bits per heavy atom. The molecule has 1 atom stereocenters. The van der Waals surface area contributed by atoms with Crippen molar-refractivity contribution in [2.45, 2.75) is 31.3 Å². The van der Waals surface area contributed by atoms with Gasteiger partial charge in [0.25, 0.3) is 0 Å². The molecule has 6 nitrogen and oxygen atoms in total. The molecular weight excluding hydrogens is 318 g/mol. The lowest BCUT2D eigenvalue weighted by atomic mass is 9.86. The summed E-state index contributed by atoms with van der Waals surface area (Å²) in [5.41, 5.74) is 1.36. The fraction of sp³-hybridized carbons (Fsp3) is 0.632. The molecule has 2 saturated heterocycles. The lowest BCUT2D eigenvalue weighted by molar-refractivity contribution is -0.121. The van der Waals surface area contributed by atoms with Crippen LogP contribution in [-0.4, -0.2) is 72.8 Å². The molecule has 2 heterocycles. The van der Waals surface area contributed by atoms with Crippen molar-refractivity contribution in [1.82, 2.24) is 15.1 Å². The number of rotatable bonds is 5. The van der Waals surface area contributed by atoms with Gasteiger partial charge in [0.15, 0.2) is 0 Å². The molecule has 0 bridgehead atoms. The second-order valence-corrected chi connectivity index (χ2v) is 7.17. The van der Waals surface area contributed by atoms with Crippen LogP contribution in [0.1, 0.15) is 24.8 Å². The predicted octanol–water partition coefficient (Wildman–Crippen LogP) is 0.844. The Morgan fingerprint density at radius 1 is 1.24 bits per heavy atom. The SMILES string of the molecule is CN1CCN(Cc2ccc(OCCO)cc2)C[C@]12CCNC(=O)CC2. The molecule has 2 aliphatic heterocycles. The van der Waals surface area contributed by atoms with Gasteiger partial charge in [-0.15, -0.1) is 0 Å². The Bertz CT molecular complexity index is 578. The Morgan fingerprint density at radius 3 is 2.80 bits per heavy atom. The van der Waals surface area contributed by atoms with Crippen molar-refractivity contribution in [2.24, 2.45) is 0 Å². The number of carbonyl (C=O) groups is 1. The number of hydrogen-bond donors (Lipinski definition) is 2. The summed E-state index contributed by atoms with van der Waals surface area (Å²) < 4.78 is 5.42. The maximum atomic E-state index is 11.7. The van der Waals surface area contributed by atoms with E-state index in [0.29, 0.717) is 13.0 Å². The number of carbonyl (C=O) groups excluding carboxylic acids is 1. The Balaban J connectivity index is 1.62. The molecule has 25 heavy (non-hydrogen) atoms. The number of nitrogens with one attached hydrogen (secondary N) is 1. The van der Waals surface area contributed by atoms with Crippen LogP contribution < -0.4 is 10.1 Å². The number of hydrogen-bond acceptors (Lipinski definition) is 5. The van der Waals surface area contributed by atoms with E-state index in [-0.39, 0.29) is 18.1 Å². The van der Waals surface area contributed by atoms with Crippen LogP contribution in [0.25, 0.3) is 0 Å². The lowest BCUT2D eigenvalue weighted by Crippen LogP contribution is -2.60. The summed E-state index contributed by atoms with van der Waals surface area (Å²) >= 11 is 0. The molecule has 1 spiro atoms. The zero-order chi connectivity index (χ0) is 17.7. The van der Waals surface area contributed by atoms with Crippen molar-refractivity contribution < 1.29 is 14.6 Å². The van der Waals surface area contributed by atoms with Crippen LogP contribution in [0.2, 0.25) is 0 Å². The molecule has 3 rings (SSSR count).